The van der Waals surface area contributed by atoms with Crippen LogP contribution in [0.5, 0.6) is 5.75 Å². The molecule has 11 heteroatoms. The maximum absolute atomic E-state index is 13.0. The van der Waals surface area contributed by atoms with Crippen molar-refractivity contribution in [3.8, 4) is 5.75 Å². The number of hydrogen-bond acceptors (Lipinski definition) is 8. The molecule has 168 valence electrons. The smallest absolute Gasteiger partial charge is 0.254 e. The first kappa shape index (κ1) is 21.8. The Kier molecular flexibility index (Phi) is 6.10. The van der Waals surface area contributed by atoms with Gasteiger partial charge in [-0.1, -0.05) is 12.1 Å². The fourth-order valence-corrected chi connectivity index (χ4v) is 3.83. The number of anilines is 3. The number of carbonyl (C=O) groups is 1. The first-order valence-electron chi connectivity index (χ1n) is 9.90. The summed E-state index contributed by atoms with van der Waals surface area (Å²) >= 11 is 0. The molecule has 0 radical (unpaired) electrons. The van der Waals surface area contributed by atoms with Crippen molar-refractivity contribution in [1.82, 2.24) is 14.9 Å². The van der Waals surface area contributed by atoms with E-state index in [0.29, 0.717) is 54.3 Å². The Labute approximate surface area is 185 Å². The highest BCUT2D eigenvalue weighted by molar-refractivity contribution is 7.92. The van der Waals surface area contributed by atoms with Gasteiger partial charge in [0.15, 0.2) is 11.6 Å². The molecule has 0 atom stereocenters. The minimum atomic E-state index is -3.60. The lowest BCUT2D eigenvalue weighted by Gasteiger charge is -2.27. The number of hydrogen-bond donors (Lipinski definition) is 2. The van der Waals surface area contributed by atoms with E-state index in [2.05, 4.69) is 20.0 Å². The molecule has 1 aliphatic heterocycles. The second-order valence-corrected chi connectivity index (χ2v) is 9.01. The highest BCUT2D eigenvalue weighted by Gasteiger charge is 2.20. The molecule has 10 nitrogen and oxygen atoms in total. The third-order valence-electron chi connectivity index (χ3n) is 4.80. The number of para-hydroxylation sites is 2. The number of nitrogens with zero attached hydrogens (tertiary/aromatic N) is 3. The van der Waals surface area contributed by atoms with Gasteiger partial charge in [0.25, 0.3) is 5.91 Å². The van der Waals surface area contributed by atoms with Crippen molar-refractivity contribution >= 4 is 44.3 Å². The Balaban J connectivity index is 1.72. The number of ether oxygens (including phenoxy) is 2. The molecule has 2 N–H and O–H groups in total. The lowest BCUT2D eigenvalue weighted by atomic mass is 10.1. The first-order chi connectivity index (χ1) is 15.3. The van der Waals surface area contributed by atoms with Gasteiger partial charge in [-0.15, -0.1) is 0 Å². The van der Waals surface area contributed by atoms with Crippen LogP contribution in [0.15, 0.2) is 42.5 Å². The van der Waals surface area contributed by atoms with Crippen molar-refractivity contribution in [2.75, 3.05) is 49.7 Å². The van der Waals surface area contributed by atoms with Gasteiger partial charge in [-0.3, -0.25) is 9.52 Å². The highest BCUT2D eigenvalue weighted by atomic mass is 32.2. The SMILES string of the molecule is COc1cc(Nc2nc3ccccc3nc2NS(C)(=O)=O)cc(C(=O)N2CCOCC2)c1. The molecule has 1 amide bonds. The van der Waals surface area contributed by atoms with Gasteiger partial charge in [0.1, 0.15) is 5.75 Å². The van der Waals surface area contributed by atoms with Crippen molar-refractivity contribution in [2.24, 2.45) is 0 Å². The quantitative estimate of drug-likeness (QED) is 0.578. The van der Waals surface area contributed by atoms with Crippen LogP contribution in [-0.2, 0) is 14.8 Å². The molecule has 0 aliphatic carbocycles. The number of rotatable bonds is 6. The maximum Gasteiger partial charge on any atom is 0.254 e. The molecule has 32 heavy (non-hydrogen) atoms. The van der Waals surface area contributed by atoms with Crippen molar-refractivity contribution < 1.29 is 22.7 Å². The average molecular weight is 458 g/mol. The van der Waals surface area contributed by atoms with Gasteiger partial charge >= 0.3 is 0 Å². The molecular formula is C21H23N5O5S. The molecule has 1 aromatic heterocycles. The lowest BCUT2D eigenvalue weighted by molar-refractivity contribution is 0.0302. The Morgan fingerprint density at radius 1 is 1.06 bits per heavy atom. The molecule has 0 unspecified atom stereocenters. The van der Waals surface area contributed by atoms with Crippen molar-refractivity contribution in [1.29, 1.82) is 0 Å². The molecule has 1 aliphatic rings. The van der Waals surface area contributed by atoms with Gasteiger partial charge < -0.3 is 19.7 Å². The average Bonchev–Trinajstić information content (AvgIpc) is 2.78. The molecule has 0 spiro atoms. The van der Waals surface area contributed by atoms with E-state index in [0.717, 1.165) is 6.26 Å². The maximum atomic E-state index is 13.0. The fraction of sp³-hybridized carbons (Fsp3) is 0.286. The van der Waals surface area contributed by atoms with Crippen molar-refractivity contribution in [3.63, 3.8) is 0 Å². The number of morpholine rings is 1. The zero-order valence-electron chi connectivity index (χ0n) is 17.7. The van der Waals surface area contributed by atoms with Gasteiger partial charge in [-0.05, 0) is 24.3 Å². The summed E-state index contributed by atoms with van der Waals surface area (Å²) in [4.78, 5) is 23.6. The van der Waals surface area contributed by atoms with Gasteiger partial charge in [0.2, 0.25) is 10.0 Å². The third kappa shape index (κ3) is 5.06. The lowest BCUT2D eigenvalue weighted by Crippen LogP contribution is -2.40. The molecule has 3 aromatic rings. The summed E-state index contributed by atoms with van der Waals surface area (Å²) in [5.74, 6) is 0.578. The zero-order chi connectivity index (χ0) is 22.7. The second kappa shape index (κ2) is 8.97. The number of fused-ring (bicyclic) bond motifs is 1. The second-order valence-electron chi connectivity index (χ2n) is 7.26. The number of nitrogens with one attached hydrogen (secondary N) is 2. The molecule has 4 rings (SSSR count). The Hall–Kier alpha value is -3.44. The largest absolute Gasteiger partial charge is 0.497 e. The number of sulfonamides is 1. The Bertz CT molecular complexity index is 1260. The van der Waals surface area contributed by atoms with Crippen molar-refractivity contribution in [3.05, 3.63) is 48.0 Å². The zero-order valence-corrected chi connectivity index (χ0v) is 18.5. The number of methoxy groups -OCH3 is 1. The molecule has 0 bridgehead atoms. The number of amides is 1. The predicted molar refractivity (Wildman–Crippen MR) is 121 cm³/mol. The van der Waals surface area contributed by atoms with E-state index in [1.807, 2.05) is 6.07 Å². The topological polar surface area (TPSA) is 123 Å². The van der Waals surface area contributed by atoms with E-state index >= 15 is 0 Å². The summed E-state index contributed by atoms with van der Waals surface area (Å²) in [7, 11) is -2.09. The van der Waals surface area contributed by atoms with Crippen LogP contribution in [0.25, 0.3) is 11.0 Å². The minimum Gasteiger partial charge on any atom is -0.497 e. The van der Waals surface area contributed by atoms with Gasteiger partial charge in [-0.25, -0.2) is 18.4 Å². The monoisotopic (exact) mass is 457 g/mol. The standard InChI is InChI=1S/C21H23N5O5S/c1-30-16-12-14(21(27)26-7-9-31-10-8-26)11-15(13-16)22-19-20(25-32(2,28)29)24-18-6-4-3-5-17(18)23-19/h3-6,11-13H,7-10H2,1-2H3,(H,22,23)(H,24,25). The molecule has 0 saturated carbocycles. The number of benzene rings is 2. The van der Waals surface area contributed by atoms with E-state index in [9.17, 15) is 13.2 Å². The predicted octanol–water partition coefficient (Wildman–Crippen LogP) is 2.23. The van der Waals surface area contributed by atoms with E-state index in [-0.39, 0.29) is 17.5 Å². The van der Waals surface area contributed by atoms with E-state index in [4.69, 9.17) is 9.47 Å². The van der Waals surface area contributed by atoms with Gasteiger partial charge in [0, 0.05) is 30.4 Å². The molecule has 2 aromatic carbocycles. The first-order valence-corrected chi connectivity index (χ1v) is 11.8. The summed E-state index contributed by atoms with van der Waals surface area (Å²) in [6.07, 6.45) is 1.04. The number of aromatic nitrogens is 2. The Morgan fingerprint density at radius 2 is 1.72 bits per heavy atom. The van der Waals surface area contributed by atoms with Crippen LogP contribution < -0.4 is 14.8 Å². The van der Waals surface area contributed by atoms with E-state index in [1.54, 1.807) is 41.3 Å². The van der Waals surface area contributed by atoms with Crippen LogP contribution >= 0.6 is 0 Å². The van der Waals surface area contributed by atoms with Crippen LogP contribution in [-0.4, -0.2) is 68.9 Å². The van der Waals surface area contributed by atoms with Crippen LogP contribution in [0, 0.1) is 0 Å². The Morgan fingerprint density at radius 3 is 2.34 bits per heavy atom. The fourth-order valence-electron chi connectivity index (χ4n) is 3.33. The van der Waals surface area contributed by atoms with Crippen LogP contribution in [0.1, 0.15) is 10.4 Å². The van der Waals surface area contributed by atoms with Crippen molar-refractivity contribution in [2.45, 2.75) is 0 Å². The summed E-state index contributed by atoms with van der Waals surface area (Å²) in [6, 6.07) is 12.1. The normalized spacial score (nSPS) is 14.2. The summed E-state index contributed by atoms with van der Waals surface area (Å²) in [6.45, 7) is 2.01. The minimum absolute atomic E-state index is 0.0510. The highest BCUT2D eigenvalue weighted by Crippen LogP contribution is 2.29. The summed E-state index contributed by atoms with van der Waals surface area (Å²) in [5, 5.41) is 3.08. The summed E-state index contributed by atoms with van der Waals surface area (Å²) < 4.78 is 36.8. The van der Waals surface area contributed by atoms with E-state index < -0.39 is 10.0 Å². The molecule has 2 heterocycles. The van der Waals surface area contributed by atoms with Crippen LogP contribution in [0.4, 0.5) is 17.3 Å². The van der Waals surface area contributed by atoms with Crippen LogP contribution in [0.2, 0.25) is 0 Å². The van der Waals surface area contributed by atoms with E-state index in [1.165, 1.54) is 7.11 Å². The molecule has 1 fully saturated rings. The van der Waals surface area contributed by atoms with Gasteiger partial charge in [0.05, 0.1) is 37.6 Å². The summed E-state index contributed by atoms with van der Waals surface area (Å²) in [5.41, 5.74) is 2.06. The number of carbonyl (C=O) groups excluding carboxylic acids is 1. The van der Waals surface area contributed by atoms with Crippen LogP contribution in [0.3, 0.4) is 0 Å². The molecule has 1 saturated heterocycles. The third-order valence-corrected chi connectivity index (χ3v) is 5.37. The van der Waals surface area contributed by atoms with Gasteiger partial charge in [-0.2, -0.15) is 0 Å². The molecular weight excluding hydrogens is 434 g/mol.